The van der Waals surface area contributed by atoms with E-state index < -0.39 is 5.82 Å². The van der Waals surface area contributed by atoms with Gasteiger partial charge >= 0.3 is 0 Å². The zero-order chi connectivity index (χ0) is 15.8. The Morgan fingerprint density at radius 2 is 1.81 bits per heavy atom. The highest BCUT2D eigenvalue weighted by Gasteiger charge is 2.18. The number of hydrogen-bond donors (Lipinski definition) is 0. The quantitative estimate of drug-likeness (QED) is 0.705. The molecule has 5 heteroatoms. The van der Waals surface area contributed by atoms with E-state index in [4.69, 9.17) is 0 Å². The van der Waals surface area contributed by atoms with Gasteiger partial charge in [-0.25, -0.2) is 4.39 Å². The Hall–Kier alpha value is -0.940. The van der Waals surface area contributed by atoms with Crippen LogP contribution in [0.4, 0.5) is 4.39 Å². The summed E-state index contributed by atoms with van der Waals surface area (Å²) in [5.41, 5.74) is 0.133. The first-order valence-corrected chi connectivity index (χ1v) is 8.29. The van der Waals surface area contributed by atoms with Gasteiger partial charge in [-0.15, -0.1) is 0 Å². The zero-order valence-corrected chi connectivity index (χ0v) is 14.6. The van der Waals surface area contributed by atoms with Crippen LogP contribution in [0.15, 0.2) is 22.7 Å². The Morgan fingerprint density at radius 1 is 1.14 bits per heavy atom. The molecule has 0 bridgehead atoms. The Kier molecular flexibility index (Phi) is 7.89. The van der Waals surface area contributed by atoms with E-state index in [1.807, 2.05) is 6.92 Å². The normalized spacial score (nSPS) is 11.0. The summed E-state index contributed by atoms with van der Waals surface area (Å²) in [7, 11) is 0. The molecule has 0 fully saturated rings. The second-order valence-electron chi connectivity index (χ2n) is 4.89. The van der Waals surface area contributed by atoms with Crippen molar-refractivity contribution in [2.24, 2.45) is 0 Å². The fraction of sp³-hybridized carbons (Fsp3) is 0.562. The number of carbonyl (C=O) groups excluding carboxylic acids is 1. The summed E-state index contributed by atoms with van der Waals surface area (Å²) in [6, 6.07) is 4.47. The zero-order valence-electron chi connectivity index (χ0n) is 13.0. The lowest BCUT2D eigenvalue weighted by Gasteiger charge is -2.24. The fourth-order valence-electron chi connectivity index (χ4n) is 2.26. The van der Waals surface area contributed by atoms with E-state index >= 15 is 0 Å². The molecule has 0 aliphatic heterocycles. The number of rotatable bonds is 8. The monoisotopic (exact) mass is 358 g/mol. The van der Waals surface area contributed by atoms with Gasteiger partial charge in [-0.3, -0.25) is 4.79 Å². The second-order valence-corrected chi connectivity index (χ2v) is 5.81. The van der Waals surface area contributed by atoms with Crippen molar-refractivity contribution < 1.29 is 9.18 Å². The lowest BCUT2D eigenvalue weighted by molar-refractivity contribution is 0.0752. The van der Waals surface area contributed by atoms with Gasteiger partial charge in [0.2, 0.25) is 0 Å². The highest BCUT2D eigenvalue weighted by atomic mass is 79.9. The molecule has 0 atom stereocenters. The largest absolute Gasteiger partial charge is 0.339 e. The van der Waals surface area contributed by atoms with Crippen LogP contribution in [0, 0.1) is 5.82 Å². The van der Waals surface area contributed by atoms with Crippen LogP contribution in [0.5, 0.6) is 0 Å². The van der Waals surface area contributed by atoms with Crippen molar-refractivity contribution in [3.63, 3.8) is 0 Å². The lowest BCUT2D eigenvalue weighted by atomic mass is 10.2. The third-order valence-electron chi connectivity index (χ3n) is 3.62. The molecule has 0 aliphatic carbocycles. The third-order valence-corrected chi connectivity index (χ3v) is 4.12. The summed E-state index contributed by atoms with van der Waals surface area (Å²) in [5.74, 6) is -0.707. The first kappa shape index (κ1) is 18.1. The number of hydrogen-bond acceptors (Lipinski definition) is 2. The van der Waals surface area contributed by atoms with Gasteiger partial charge in [-0.05, 0) is 51.2 Å². The molecular formula is C16H24BrFN2O. The number of nitrogens with zero attached hydrogens (tertiary/aromatic N) is 2. The molecule has 1 rings (SSSR count). The molecule has 118 valence electrons. The van der Waals surface area contributed by atoms with Gasteiger partial charge in [0, 0.05) is 17.6 Å². The minimum absolute atomic E-state index is 0.133. The van der Waals surface area contributed by atoms with Gasteiger partial charge in [0.25, 0.3) is 5.91 Å². The Morgan fingerprint density at radius 3 is 2.38 bits per heavy atom. The highest BCUT2D eigenvalue weighted by molar-refractivity contribution is 9.10. The summed E-state index contributed by atoms with van der Waals surface area (Å²) in [6.07, 6.45) is 0.900. The SMILES string of the molecule is CCN(CC)CCCN(CC)C(=O)c1cc(Br)ccc1F. The van der Waals surface area contributed by atoms with Crippen LogP contribution in [-0.2, 0) is 0 Å². The summed E-state index contributed by atoms with van der Waals surface area (Å²) in [4.78, 5) is 16.4. The molecule has 0 N–H and O–H groups in total. The predicted molar refractivity (Wildman–Crippen MR) is 88.1 cm³/mol. The van der Waals surface area contributed by atoms with Crippen molar-refractivity contribution >= 4 is 21.8 Å². The van der Waals surface area contributed by atoms with E-state index in [2.05, 4.69) is 34.7 Å². The number of halogens is 2. The van der Waals surface area contributed by atoms with Crippen LogP contribution in [0.1, 0.15) is 37.6 Å². The van der Waals surface area contributed by atoms with Crippen molar-refractivity contribution in [1.29, 1.82) is 0 Å². The van der Waals surface area contributed by atoms with Crippen LogP contribution >= 0.6 is 15.9 Å². The van der Waals surface area contributed by atoms with Gasteiger partial charge in [-0.2, -0.15) is 0 Å². The molecule has 0 unspecified atom stereocenters. The van der Waals surface area contributed by atoms with E-state index in [0.717, 1.165) is 26.1 Å². The maximum absolute atomic E-state index is 13.8. The molecule has 0 heterocycles. The topological polar surface area (TPSA) is 23.6 Å². The van der Waals surface area contributed by atoms with Gasteiger partial charge in [0.05, 0.1) is 5.56 Å². The molecule has 0 aliphatic rings. The Bertz CT molecular complexity index is 464. The average molecular weight is 359 g/mol. The van der Waals surface area contributed by atoms with Crippen molar-refractivity contribution in [2.45, 2.75) is 27.2 Å². The van der Waals surface area contributed by atoms with E-state index in [-0.39, 0.29) is 11.5 Å². The maximum Gasteiger partial charge on any atom is 0.256 e. The first-order valence-electron chi connectivity index (χ1n) is 7.50. The van der Waals surface area contributed by atoms with Crippen LogP contribution < -0.4 is 0 Å². The maximum atomic E-state index is 13.8. The number of benzene rings is 1. The van der Waals surface area contributed by atoms with Crippen molar-refractivity contribution in [3.8, 4) is 0 Å². The van der Waals surface area contributed by atoms with Crippen LogP contribution in [-0.4, -0.2) is 48.4 Å². The minimum Gasteiger partial charge on any atom is -0.339 e. The molecular weight excluding hydrogens is 335 g/mol. The van der Waals surface area contributed by atoms with Crippen molar-refractivity contribution in [2.75, 3.05) is 32.7 Å². The van der Waals surface area contributed by atoms with Gasteiger partial charge < -0.3 is 9.80 Å². The molecule has 0 radical (unpaired) electrons. The Balaban J connectivity index is 2.67. The lowest BCUT2D eigenvalue weighted by Crippen LogP contribution is -2.34. The summed E-state index contributed by atoms with van der Waals surface area (Å²) in [6.45, 7) is 10.4. The van der Waals surface area contributed by atoms with E-state index in [1.165, 1.54) is 6.07 Å². The molecule has 3 nitrogen and oxygen atoms in total. The molecule has 0 spiro atoms. The molecule has 0 saturated carbocycles. The van der Waals surface area contributed by atoms with Crippen molar-refractivity contribution in [3.05, 3.63) is 34.1 Å². The third kappa shape index (κ3) is 5.40. The second kappa shape index (κ2) is 9.15. The predicted octanol–water partition coefficient (Wildman–Crippen LogP) is 3.78. The van der Waals surface area contributed by atoms with Gasteiger partial charge in [0.15, 0.2) is 0 Å². The molecule has 21 heavy (non-hydrogen) atoms. The Labute approximate surface area is 135 Å². The molecule has 1 amide bonds. The highest BCUT2D eigenvalue weighted by Crippen LogP contribution is 2.17. The first-order chi connectivity index (χ1) is 10.0. The molecule has 1 aromatic rings. The summed E-state index contributed by atoms with van der Waals surface area (Å²) < 4.78 is 14.5. The van der Waals surface area contributed by atoms with Gasteiger partial charge in [-0.1, -0.05) is 29.8 Å². The smallest absolute Gasteiger partial charge is 0.256 e. The number of amides is 1. The van der Waals surface area contributed by atoms with Crippen LogP contribution in [0.3, 0.4) is 0 Å². The fourth-order valence-corrected chi connectivity index (χ4v) is 2.62. The van der Waals surface area contributed by atoms with Crippen molar-refractivity contribution in [1.82, 2.24) is 9.80 Å². The van der Waals surface area contributed by atoms with E-state index in [9.17, 15) is 9.18 Å². The van der Waals surface area contributed by atoms with E-state index in [1.54, 1.807) is 17.0 Å². The number of carbonyl (C=O) groups is 1. The van der Waals surface area contributed by atoms with Crippen LogP contribution in [0.2, 0.25) is 0 Å². The minimum atomic E-state index is -0.467. The molecule has 1 aromatic carbocycles. The molecule has 0 saturated heterocycles. The summed E-state index contributed by atoms with van der Waals surface area (Å²) in [5, 5.41) is 0. The summed E-state index contributed by atoms with van der Waals surface area (Å²) >= 11 is 3.28. The van der Waals surface area contributed by atoms with Gasteiger partial charge in [0.1, 0.15) is 5.82 Å². The standard InChI is InChI=1S/C16H24BrFN2O/c1-4-19(5-2)10-7-11-20(6-3)16(21)14-12-13(17)8-9-15(14)18/h8-9,12H,4-7,10-11H2,1-3H3. The molecule has 0 aromatic heterocycles. The van der Waals surface area contributed by atoms with E-state index in [0.29, 0.717) is 17.6 Å². The van der Waals surface area contributed by atoms with Crippen LogP contribution in [0.25, 0.3) is 0 Å². The average Bonchev–Trinajstić information content (AvgIpc) is 2.49.